The zero-order chi connectivity index (χ0) is 33.3. The molecule has 1 saturated heterocycles. The maximum atomic E-state index is 15.5. The van der Waals surface area contributed by atoms with Gasteiger partial charge in [0.1, 0.15) is 5.82 Å². The molecular weight excluding hydrogens is 640 g/mol. The van der Waals surface area contributed by atoms with Gasteiger partial charge in [0.2, 0.25) is 11.8 Å². The molecule has 1 fully saturated rings. The highest BCUT2D eigenvalue weighted by atomic mass is 35.5. The Kier molecular flexibility index (Phi) is 9.82. The average molecular weight is 679 g/mol. The Bertz CT molecular complexity index is 1810. The molecule has 0 radical (unpaired) electrons. The SMILES string of the molecule is COc1nc(-c2cccc(-c3ccnc(-c4cc(F)c5c(c4)CCN(CC(C)(C)O)C5)c3Cl)c2Cl)ccc1CNC[C@@H]1CCC(=O)N1. The van der Waals surface area contributed by atoms with E-state index in [0.717, 1.165) is 24.1 Å². The fourth-order valence-corrected chi connectivity index (χ4v) is 7.07. The minimum absolute atomic E-state index is 0.0904. The van der Waals surface area contributed by atoms with E-state index in [1.807, 2.05) is 36.4 Å². The number of pyridine rings is 2. The van der Waals surface area contributed by atoms with Crippen LogP contribution in [0.1, 0.15) is 43.4 Å². The van der Waals surface area contributed by atoms with Crippen LogP contribution in [0.25, 0.3) is 33.6 Å². The van der Waals surface area contributed by atoms with Gasteiger partial charge in [0.05, 0.1) is 34.1 Å². The minimum atomic E-state index is -0.857. The number of aliphatic hydroxyl groups is 1. The standard InChI is InChI=1S/C36H38Cl2FN5O3/c1-36(2,46)20-44-14-12-21-15-23(16-29(39)28(21)19-44)34-33(38)26(11-13-41-34)25-5-4-6-27(32(25)37)30-9-7-22(35(43-30)47-3)17-40-18-24-8-10-31(45)42-24/h4-7,9,11,13,15-16,24,40,46H,8,10,12,14,17-20H2,1-3H3,(H,42,45)/t24-/m0/s1. The molecule has 4 heterocycles. The van der Waals surface area contributed by atoms with Gasteiger partial charge < -0.3 is 20.5 Å². The molecule has 1 amide bonds. The Morgan fingerprint density at radius 3 is 2.64 bits per heavy atom. The third kappa shape index (κ3) is 7.45. The normalized spacial score (nSPS) is 16.7. The molecule has 246 valence electrons. The van der Waals surface area contributed by atoms with Crippen molar-refractivity contribution in [2.45, 2.75) is 57.8 Å². The second kappa shape index (κ2) is 13.9. The van der Waals surface area contributed by atoms with E-state index >= 15 is 4.39 Å². The van der Waals surface area contributed by atoms with Gasteiger partial charge in [-0.05, 0) is 56.5 Å². The van der Waals surface area contributed by atoms with Crippen LogP contribution in [0.15, 0.2) is 54.7 Å². The largest absolute Gasteiger partial charge is 0.481 e. The third-order valence-corrected chi connectivity index (χ3v) is 9.42. The number of nitrogens with one attached hydrogen (secondary N) is 2. The number of methoxy groups -OCH3 is 1. The van der Waals surface area contributed by atoms with E-state index in [0.29, 0.717) is 94.2 Å². The fraction of sp³-hybridized carbons (Fsp3) is 0.361. The number of carbonyl (C=O) groups excluding carboxylic acids is 1. The molecular formula is C36H38Cl2FN5O3. The van der Waals surface area contributed by atoms with E-state index in [2.05, 4.69) is 20.5 Å². The summed E-state index contributed by atoms with van der Waals surface area (Å²) in [4.78, 5) is 22.9. The molecule has 4 aromatic rings. The molecule has 2 aromatic carbocycles. The van der Waals surface area contributed by atoms with Crippen molar-refractivity contribution in [1.82, 2.24) is 25.5 Å². The number of nitrogens with zero attached hydrogens (tertiary/aromatic N) is 3. The van der Waals surface area contributed by atoms with Crippen molar-refractivity contribution in [3.63, 3.8) is 0 Å². The Hall–Kier alpha value is -3.60. The highest BCUT2D eigenvalue weighted by Crippen LogP contribution is 2.42. The van der Waals surface area contributed by atoms with Crippen LogP contribution in [0, 0.1) is 5.82 Å². The summed E-state index contributed by atoms with van der Waals surface area (Å²) < 4.78 is 21.1. The molecule has 2 aromatic heterocycles. The van der Waals surface area contributed by atoms with Gasteiger partial charge in [0, 0.05) is 84.8 Å². The number of fused-ring (bicyclic) bond motifs is 1. The number of aromatic nitrogens is 2. The fourth-order valence-electron chi connectivity index (χ4n) is 6.43. The number of carbonyl (C=O) groups is 1. The first-order valence-corrected chi connectivity index (χ1v) is 16.5. The first kappa shape index (κ1) is 33.3. The van der Waals surface area contributed by atoms with Crippen molar-refractivity contribution in [2.75, 3.05) is 26.7 Å². The molecule has 2 aliphatic heterocycles. The molecule has 1 atom stereocenters. The van der Waals surface area contributed by atoms with Crippen LogP contribution in [0.3, 0.4) is 0 Å². The number of ether oxygens (including phenoxy) is 1. The van der Waals surface area contributed by atoms with Crippen LogP contribution >= 0.6 is 23.2 Å². The van der Waals surface area contributed by atoms with Crippen LogP contribution < -0.4 is 15.4 Å². The van der Waals surface area contributed by atoms with Crippen molar-refractivity contribution in [1.29, 1.82) is 0 Å². The molecule has 6 rings (SSSR count). The number of hydrogen-bond acceptors (Lipinski definition) is 7. The van der Waals surface area contributed by atoms with Gasteiger partial charge in [0.25, 0.3) is 0 Å². The molecule has 11 heteroatoms. The summed E-state index contributed by atoms with van der Waals surface area (Å²) in [5, 5.41) is 17.4. The number of hydrogen-bond donors (Lipinski definition) is 3. The lowest BCUT2D eigenvalue weighted by Gasteiger charge is -2.33. The number of amides is 1. The predicted molar refractivity (Wildman–Crippen MR) is 183 cm³/mol. The molecule has 8 nitrogen and oxygen atoms in total. The smallest absolute Gasteiger partial charge is 0.220 e. The zero-order valence-electron chi connectivity index (χ0n) is 26.7. The summed E-state index contributed by atoms with van der Waals surface area (Å²) in [5.41, 5.74) is 5.37. The topological polar surface area (TPSA) is 99.6 Å². The lowest BCUT2D eigenvalue weighted by Crippen LogP contribution is -2.41. The van der Waals surface area contributed by atoms with Gasteiger partial charge in [-0.2, -0.15) is 0 Å². The summed E-state index contributed by atoms with van der Waals surface area (Å²) in [6.45, 7) is 6.34. The van der Waals surface area contributed by atoms with Crippen molar-refractivity contribution in [2.24, 2.45) is 0 Å². The second-order valence-electron chi connectivity index (χ2n) is 12.9. The molecule has 47 heavy (non-hydrogen) atoms. The van der Waals surface area contributed by atoms with Crippen LogP contribution in [0.4, 0.5) is 4.39 Å². The van der Waals surface area contributed by atoms with E-state index in [-0.39, 0.29) is 17.8 Å². The van der Waals surface area contributed by atoms with Crippen molar-refractivity contribution >= 4 is 29.1 Å². The van der Waals surface area contributed by atoms with Gasteiger partial charge in [-0.15, -0.1) is 0 Å². The van der Waals surface area contributed by atoms with Gasteiger partial charge in [0.15, 0.2) is 0 Å². The zero-order valence-corrected chi connectivity index (χ0v) is 28.2. The highest BCUT2D eigenvalue weighted by Gasteiger charge is 2.26. The van der Waals surface area contributed by atoms with E-state index in [9.17, 15) is 9.90 Å². The highest BCUT2D eigenvalue weighted by molar-refractivity contribution is 6.39. The predicted octanol–water partition coefficient (Wildman–Crippen LogP) is 6.43. The molecule has 0 saturated carbocycles. The first-order valence-electron chi connectivity index (χ1n) is 15.7. The average Bonchev–Trinajstić information content (AvgIpc) is 3.45. The molecule has 0 spiro atoms. The Balaban J connectivity index is 1.25. The summed E-state index contributed by atoms with van der Waals surface area (Å²) in [7, 11) is 1.58. The van der Waals surface area contributed by atoms with Crippen LogP contribution in [0.2, 0.25) is 10.0 Å². The van der Waals surface area contributed by atoms with Gasteiger partial charge in [-0.3, -0.25) is 14.7 Å². The summed E-state index contributed by atoms with van der Waals surface area (Å²) in [6.07, 6.45) is 3.70. The summed E-state index contributed by atoms with van der Waals surface area (Å²) in [6, 6.07) is 14.9. The molecule has 3 N–H and O–H groups in total. The van der Waals surface area contributed by atoms with Gasteiger partial charge >= 0.3 is 0 Å². The van der Waals surface area contributed by atoms with E-state index in [4.69, 9.17) is 32.9 Å². The lowest BCUT2D eigenvalue weighted by atomic mass is 9.93. The number of halogens is 3. The maximum Gasteiger partial charge on any atom is 0.220 e. The quantitative estimate of drug-likeness (QED) is 0.178. The second-order valence-corrected chi connectivity index (χ2v) is 13.6. The molecule has 0 unspecified atom stereocenters. The van der Waals surface area contributed by atoms with Gasteiger partial charge in [-0.25, -0.2) is 9.37 Å². The summed E-state index contributed by atoms with van der Waals surface area (Å²) in [5.74, 6) is 0.256. The van der Waals surface area contributed by atoms with Crippen LogP contribution in [-0.4, -0.2) is 64.3 Å². The Morgan fingerprint density at radius 1 is 1.11 bits per heavy atom. The van der Waals surface area contributed by atoms with Gasteiger partial charge in [-0.1, -0.05) is 47.5 Å². The van der Waals surface area contributed by atoms with Crippen molar-refractivity contribution < 1.29 is 19.0 Å². The van der Waals surface area contributed by atoms with Crippen LogP contribution in [0.5, 0.6) is 5.88 Å². The van der Waals surface area contributed by atoms with Crippen molar-refractivity contribution in [3.05, 3.63) is 87.3 Å². The first-order chi connectivity index (χ1) is 22.5. The van der Waals surface area contributed by atoms with Crippen molar-refractivity contribution in [3.8, 4) is 39.5 Å². The van der Waals surface area contributed by atoms with E-state index in [1.165, 1.54) is 6.07 Å². The maximum absolute atomic E-state index is 15.5. The molecule has 2 aliphatic rings. The minimum Gasteiger partial charge on any atom is -0.481 e. The Morgan fingerprint density at radius 2 is 1.89 bits per heavy atom. The van der Waals surface area contributed by atoms with E-state index in [1.54, 1.807) is 33.2 Å². The number of benzene rings is 2. The van der Waals surface area contributed by atoms with E-state index < -0.39 is 5.60 Å². The molecule has 0 bridgehead atoms. The third-order valence-electron chi connectivity index (χ3n) is 8.63. The molecule has 0 aliphatic carbocycles. The Labute approximate surface area is 284 Å². The number of β-amino-alcohol motifs (C(OH)–C–C–N with tert-alkyl or cyclic N) is 1. The lowest BCUT2D eigenvalue weighted by molar-refractivity contribution is -0.119. The van der Waals surface area contributed by atoms with Crippen LogP contribution in [-0.2, 0) is 24.3 Å². The summed E-state index contributed by atoms with van der Waals surface area (Å²) >= 11 is 14.0. The number of rotatable bonds is 10. The monoisotopic (exact) mass is 677 g/mol.